The number of hydroxylamine groups is 1. The quantitative estimate of drug-likeness (QED) is 0.848. The van der Waals surface area contributed by atoms with E-state index in [0.29, 0.717) is 15.8 Å². The Morgan fingerprint density at radius 3 is 2.43 bits per heavy atom. The zero-order valence-corrected chi connectivity index (χ0v) is 13.1. The molecule has 0 unspecified atom stereocenters. The molecule has 0 aromatic heterocycles. The molecule has 0 atom stereocenters. The number of urea groups is 1. The molecule has 2 amide bonds. The highest BCUT2D eigenvalue weighted by atomic mass is 35.5. The van der Waals surface area contributed by atoms with Crippen LogP contribution in [0.2, 0.25) is 10.0 Å². The Bertz CT molecular complexity index is 642. The second-order valence-corrected chi connectivity index (χ2v) is 5.39. The summed E-state index contributed by atoms with van der Waals surface area (Å²) in [7, 11) is 1.65. The third-order valence-corrected chi connectivity index (χ3v) is 3.22. The van der Waals surface area contributed by atoms with Crippen LogP contribution >= 0.6 is 23.2 Å². The van der Waals surface area contributed by atoms with E-state index in [1.807, 2.05) is 31.2 Å². The van der Waals surface area contributed by atoms with Gasteiger partial charge in [-0.25, -0.2) is 4.79 Å². The van der Waals surface area contributed by atoms with Gasteiger partial charge in [0.2, 0.25) is 0 Å². The van der Waals surface area contributed by atoms with Crippen LogP contribution < -0.4 is 15.2 Å². The smallest absolute Gasteiger partial charge is 0.354 e. The summed E-state index contributed by atoms with van der Waals surface area (Å²) in [6.45, 7) is 1.96. The topological polar surface area (TPSA) is 41.6 Å². The van der Waals surface area contributed by atoms with Crippen LogP contribution in [0, 0.1) is 6.92 Å². The Hall–Kier alpha value is -1.91. The molecular weight excluding hydrogens is 311 g/mol. The predicted octanol–water partition coefficient (Wildman–Crippen LogP) is 4.44. The van der Waals surface area contributed by atoms with Gasteiger partial charge in [-0.3, -0.25) is 4.90 Å². The second kappa shape index (κ2) is 6.70. The van der Waals surface area contributed by atoms with Gasteiger partial charge in [-0.1, -0.05) is 35.3 Å². The molecule has 0 radical (unpaired) electrons. The predicted molar refractivity (Wildman–Crippen MR) is 85.2 cm³/mol. The molecule has 0 aliphatic rings. The molecule has 2 rings (SSSR count). The maximum Gasteiger partial charge on any atom is 0.354 e. The van der Waals surface area contributed by atoms with E-state index in [2.05, 4.69) is 5.48 Å². The molecule has 0 saturated heterocycles. The molecule has 0 aliphatic carbocycles. The number of nitrogens with zero attached hydrogens (tertiary/aromatic N) is 1. The highest BCUT2D eigenvalue weighted by molar-refractivity contribution is 6.34. The zero-order chi connectivity index (χ0) is 15.4. The standard InChI is InChI=1S/C15H14Cl2N2O2/c1-10-4-3-5-13(6-10)19(2)15(20)18-21-14-8-11(16)7-12(17)9-14/h3-9H,1-2H3,(H,18,20). The Balaban J connectivity index is 2.01. The van der Waals surface area contributed by atoms with Crippen LogP contribution in [-0.2, 0) is 0 Å². The molecular formula is C15H14Cl2N2O2. The number of hydrogen-bond donors (Lipinski definition) is 1. The summed E-state index contributed by atoms with van der Waals surface area (Å²) in [5, 5.41) is 0.859. The van der Waals surface area contributed by atoms with Crippen molar-refractivity contribution in [2.75, 3.05) is 11.9 Å². The van der Waals surface area contributed by atoms with E-state index in [9.17, 15) is 4.79 Å². The number of carbonyl (C=O) groups excluding carboxylic acids is 1. The fourth-order valence-electron chi connectivity index (χ4n) is 1.71. The molecule has 2 aromatic carbocycles. The van der Waals surface area contributed by atoms with Crippen LogP contribution in [0.15, 0.2) is 42.5 Å². The number of aryl methyl sites for hydroxylation is 1. The molecule has 2 aromatic rings. The monoisotopic (exact) mass is 324 g/mol. The number of rotatable bonds is 3. The summed E-state index contributed by atoms with van der Waals surface area (Å²) < 4.78 is 0. The molecule has 0 heterocycles. The molecule has 6 heteroatoms. The number of nitrogens with one attached hydrogen (secondary N) is 1. The Morgan fingerprint density at radius 1 is 1.14 bits per heavy atom. The SMILES string of the molecule is Cc1cccc(N(C)C(=O)NOc2cc(Cl)cc(Cl)c2)c1. The van der Waals surface area contributed by atoms with E-state index in [4.69, 9.17) is 28.0 Å². The Kier molecular flexibility index (Phi) is 4.94. The third-order valence-electron chi connectivity index (χ3n) is 2.79. The molecule has 0 bridgehead atoms. The summed E-state index contributed by atoms with van der Waals surface area (Å²) in [6.07, 6.45) is 0. The first-order chi connectivity index (χ1) is 9.95. The first-order valence-electron chi connectivity index (χ1n) is 6.19. The fraction of sp³-hybridized carbons (Fsp3) is 0.133. The lowest BCUT2D eigenvalue weighted by Gasteiger charge is -2.18. The number of anilines is 1. The summed E-state index contributed by atoms with van der Waals surface area (Å²) in [5.74, 6) is 0.360. The third kappa shape index (κ3) is 4.28. The number of halogens is 2. The van der Waals surface area contributed by atoms with Gasteiger partial charge in [0.1, 0.15) is 0 Å². The highest BCUT2D eigenvalue weighted by Crippen LogP contribution is 2.23. The first kappa shape index (κ1) is 15.5. The largest absolute Gasteiger partial charge is 0.378 e. The number of amides is 2. The Labute approximate surface area is 133 Å². The van der Waals surface area contributed by atoms with Crippen LogP contribution in [0.1, 0.15) is 5.56 Å². The first-order valence-corrected chi connectivity index (χ1v) is 6.94. The van der Waals surface area contributed by atoms with E-state index < -0.39 is 6.03 Å². The molecule has 21 heavy (non-hydrogen) atoms. The number of benzene rings is 2. The fourth-order valence-corrected chi connectivity index (χ4v) is 2.22. The summed E-state index contributed by atoms with van der Waals surface area (Å²) >= 11 is 11.7. The van der Waals surface area contributed by atoms with Crippen molar-refractivity contribution in [3.05, 3.63) is 58.1 Å². The zero-order valence-electron chi connectivity index (χ0n) is 11.6. The Morgan fingerprint density at radius 2 is 1.81 bits per heavy atom. The summed E-state index contributed by atoms with van der Waals surface area (Å²) in [5.41, 5.74) is 4.17. The minimum Gasteiger partial charge on any atom is -0.378 e. The van der Waals surface area contributed by atoms with Gasteiger partial charge in [-0.05, 0) is 30.7 Å². The van der Waals surface area contributed by atoms with Gasteiger partial charge in [0.15, 0.2) is 5.75 Å². The molecule has 0 aliphatic heterocycles. The summed E-state index contributed by atoms with van der Waals surface area (Å²) in [6, 6.07) is 11.9. The number of carbonyl (C=O) groups is 1. The number of hydrogen-bond acceptors (Lipinski definition) is 2. The average molecular weight is 325 g/mol. The summed E-state index contributed by atoms with van der Waals surface area (Å²) in [4.78, 5) is 18.7. The van der Waals surface area contributed by atoms with Gasteiger partial charge in [0.05, 0.1) is 0 Å². The van der Waals surface area contributed by atoms with E-state index in [-0.39, 0.29) is 0 Å². The van der Waals surface area contributed by atoms with Crippen molar-refractivity contribution in [3.63, 3.8) is 0 Å². The van der Waals surface area contributed by atoms with Crippen molar-refractivity contribution >= 4 is 34.9 Å². The molecule has 110 valence electrons. The maximum absolute atomic E-state index is 12.0. The van der Waals surface area contributed by atoms with E-state index >= 15 is 0 Å². The van der Waals surface area contributed by atoms with Gasteiger partial charge in [0.25, 0.3) is 0 Å². The lowest BCUT2D eigenvalue weighted by atomic mass is 10.2. The molecule has 0 saturated carbocycles. The highest BCUT2D eigenvalue weighted by Gasteiger charge is 2.11. The normalized spacial score (nSPS) is 10.1. The minimum atomic E-state index is -0.406. The van der Waals surface area contributed by atoms with Crippen molar-refractivity contribution in [1.29, 1.82) is 0 Å². The van der Waals surface area contributed by atoms with Gasteiger partial charge in [-0.2, -0.15) is 5.48 Å². The van der Waals surface area contributed by atoms with Crippen molar-refractivity contribution in [2.45, 2.75) is 6.92 Å². The van der Waals surface area contributed by atoms with Gasteiger partial charge < -0.3 is 4.84 Å². The molecule has 0 spiro atoms. The lowest BCUT2D eigenvalue weighted by Crippen LogP contribution is -2.39. The second-order valence-electron chi connectivity index (χ2n) is 4.51. The van der Waals surface area contributed by atoms with E-state index in [1.54, 1.807) is 25.2 Å². The molecule has 0 fully saturated rings. The average Bonchev–Trinajstić information content (AvgIpc) is 2.43. The van der Waals surface area contributed by atoms with Crippen LogP contribution in [-0.4, -0.2) is 13.1 Å². The lowest BCUT2D eigenvalue weighted by molar-refractivity contribution is 0.184. The molecule has 4 nitrogen and oxygen atoms in total. The van der Waals surface area contributed by atoms with Crippen LogP contribution in [0.25, 0.3) is 0 Å². The van der Waals surface area contributed by atoms with E-state index in [0.717, 1.165) is 11.3 Å². The van der Waals surface area contributed by atoms with Gasteiger partial charge >= 0.3 is 6.03 Å². The minimum absolute atomic E-state index is 0.360. The van der Waals surface area contributed by atoms with Gasteiger partial charge in [-0.15, -0.1) is 0 Å². The van der Waals surface area contributed by atoms with Crippen molar-refractivity contribution in [1.82, 2.24) is 5.48 Å². The van der Waals surface area contributed by atoms with Crippen LogP contribution in [0.3, 0.4) is 0 Å². The van der Waals surface area contributed by atoms with Crippen LogP contribution in [0.5, 0.6) is 5.75 Å². The van der Waals surface area contributed by atoms with E-state index in [1.165, 1.54) is 4.90 Å². The van der Waals surface area contributed by atoms with Crippen molar-refractivity contribution < 1.29 is 9.63 Å². The van der Waals surface area contributed by atoms with Gasteiger partial charge in [0, 0.05) is 34.9 Å². The molecule has 1 N–H and O–H groups in total. The van der Waals surface area contributed by atoms with Crippen molar-refractivity contribution in [2.24, 2.45) is 0 Å². The van der Waals surface area contributed by atoms with Crippen LogP contribution in [0.4, 0.5) is 10.5 Å². The van der Waals surface area contributed by atoms with Crippen molar-refractivity contribution in [3.8, 4) is 5.75 Å². The maximum atomic E-state index is 12.0.